The fourth-order valence-corrected chi connectivity index (χ4v) is 3.65. The van der Waals surface area contributed by atoms with Gasteiger partial charge >= 0.3 is 0 Å². The van der Waals surface area contributed by atoms with Crippen LogP contribution in [0.3, 0.4) is 0 Å². The average Bonchev–Trinajstić information content (AvgIpc) is 2.45. The highest BCUT2D eigenvalue weighted by molar-refractivity contribution is 7.99. The molecule has 0 bridgehead atoms. The molecule has 20 heavy (non-hydrogen) atoms. The largest absolute Gasteiger partial charge is 0.370 e. The van der Waals surface area contributed by atoms with Gasteiger partial charge in [0.25, 0.3) is 0 Å². The summed E-state index contributed by atoms with van der Waals surface area (Å²) in [7, 11) is 0. The third kappa shape index (κ3) is 4.27. The second-order valence-electron chi connectivity index (χ2n) is 5.42. The Bertz CT molecular complexity index is 424. The maximum atomic E-state index is 4.53. The van der Waals surface area contributed by atoms with Gasteiger partial charge in [-0.05, 0) is 32.4 Å². The molecule has 0 aromatic carbocycles. The first kappa shape index (κ1) is 15.4. The van der Waals surface area contributed by atoms with E-state index >= 15 is 0 Å². The molecule has 112 valence electrons. The monoisotopic (exact) mass is 294 g/mol. The zero-order valence-electron chi connectivity index (χ0n) is 12.8. The summed E-state index contributed by atoms with van der Waals surface area (Å²) in [5.41, 5.74) is 0. The molecule has 1 aromatic rings. The van der Waals surface area contributed by atoms with Crippen molar-refractivity contribution < 1.29 is 0 Å². The van der Waals surface area contributed by atoms with E-state index in [0.717, 1.165) is 30.4 Å². The summed E-state index contributed by atoms with van der Waals surface area (Å²) in [5.74, 6) is 2.71. The summed E-state index contributed by atoms with van der Waals surface area (Å²) in [4.78, 5) is 8.97. The first-order valence-electron chi connectivity index (χ1n) is 7.61. The number of hydrogen-bond acceptors (Lipinski definition) is 5. The van der Waals surface area contributed by atoms with E-state index in [1.807, 2.05) is 24.8 Å². The predicted molar refractivity (Wildman–Crippen MR) is 88.7 cm³/mol. The minimum Gasteiger partial charge on any atom is -0.370 e. The van der Waals surface area contributed by atoms with E-state index in [-0.39, 0.29) is 0 Å². The lowest BCUT2D eigenvalue weighted by molar-refractivity contribution is 0.474. The first-order valence-corrected chi connectivity index (χ1v) is 8.90. The minimum absolute atomic E-state index is 0.534. The molecule has 2 unspecified atom stereocenters. The molecule has 0 amide bonds. The summed E-state index contributed by atoms with van der Waals surface area (Å²) in [5, 5.41) is 7.67. The van der Waals surface area contributed by atoms with Gasteiger partial charge in [-0.15, -0.1) is 0 Å². The highest BCUT2D eigenvalue weighted by atomic mass is 32.2. The highest BCUT2D eigenvalue weighted by Crippen LogP contribution is 2.29. The van der Waals surface area contributed by atoms with Crippen molar-refractivity contribution in [3.05, 3.63) is 11.9 Å². The molecule has 0 saturated heterocycles. The lowest BCUT2D eigenvalue weighted by Gasteiger charge is -2.31. The van der Waals surface area contributed by atoms with Crippen LogP contribution in [-0.2, 0) is 0 Å². The van der Waals surface area contributed by atoms with Crippen molar-refractivity contribution in [3.8, 4) is 0 Å². The molecule has 0 spiro atoms. The van der Waals surface area contributed by atoms with Gasteiger partial charge in [0, 0.05) is 23.9 Å². The molecule has 5 heteroatoms. The van der Waals surface area contributed by atoms with Crippen molar-refractivity contribution in [1.29, 1.82) is 0 Å². The normalized spacial score (nSPS) is 22.6. The molecule has 1 saturated carbocycles. The van der Waals surface area contributed by atoms with Crippen molar-refractivity contribution in [2.24, 2.45) is 0 Å². The topological polar surface area (TPSA) is 49.8 Å². The number of rotatable bonds is 6. The van der Waals surface area contributed by atoms with Gasteiger partial charge in [0.15, 0.2) is 0 Å². The lowest BCUT2D eigenvalue weighted by Crippen LogP contribution is -2.34. The van der Waals surface area contributed by atoms with Crippen LogP contribution in [0.4, 0.5) is 11.6 Å². The molecule has 0 radical (unpaired) electrons. The van der Waals surface area contributed by atoms with Crippen LogP contribution in [0.25, 0.3) is 0 Å². The van der Waals surface area contributed by atoms with Crippen molar-refractivity contribution in [2.45, 2.75) is 57.2 Å². The van der Waals surface area contributed by atoms with Crippen LogP contribution in [-0.4, -0.2) is 34.1 Å². The highest BCUT2D eigenvalue weighted by Gasteiger charge is 2.24. The average molecular weight is 294 g/mol. The first-order chi connectivity index (χ1) is 9.72. The van der Waals surface area contributed by atoms with Gasteiger partial charge in [0.05, 0.1) is 0 Å². The third-order valence-electron chi connectivity index (χ3n) is 3.73. The number of anilines is 2. The minimum atomic E-state index is 0.534. The van der Waals surface area contributed by atoms with E-state index in [1.54, 1.807) is 0 Å². The van der Waals surface area contributed by atoms with E-state index in [1.165, 1.54) is 25.7 Å². The zero-order valence-corrected chi connectivity index (χ0v) is 13.6. The Balaban J connectivity index is 2.05. The van der Waals surface area contributed by atoms with Crippen LogP contribution in [0.2, 0.25) is 0 Å². The molecule has 0 aliphatic heterocycles. The van der Waals surface area contributed by atoms with Crippen LogP contribution in [0.5, 0.6) is 0 Å². The number of nitrogens with zero attached hydrogens (tertiary/aromatic N) is 2. The van der Waals surface area contributed by atoms with E-state index in [9.17, 15) is 0 Å². The van der Waals surface area contributed by atoms with Gasteiger partial charge in [-0.2, -0.15) is 11.8 Å². The molecule has 1 heterocycles. The van der Waals surface area contributed by atoms with Gasteiger partial charge in [-0.3, -0.25) is 0 Å². The standard InChI is InChI=1S/C15H26N4S/c1-4-9-16-14-10-15(18-11(2)17-14)19-12-7-5-6-8-13(12)20-3/h10,12-13H,4-9H2,1-3H3,(H2,16,17,18,19). The molecular formula is C15H26N4S. The summed E-state index contributed by atoms with van der Waals surface area (Å²) < 4.78 is 0. The molecule has 1 aromatic heterocycles. The molecule has 4 nitrogen and oxygen atoms in total. The van der Waals surface area contributed by atoms with Crippen molar-refractivity contribution in [3.63, 3.8) is 0 Å². The van der Waals surface area contributed by atoms with Gasteiger partial charge in [0.1, 0.15) is 17.5 Å². The van der Waals surface area contributed by atoms with Gasteiger partial charge in [-0.1, -0.05) is 19.8 Å². The molecule has 2 rings (SSSR count). The van der Waals surface area contributed by atoms with E-state index in [4.69, 9.17) is 0 Å². The summed E-state index contributed by atoms with van der Waals surface area (Å²) >= 11 is 1.97. The second kappa shape index (κ2) is 7.72. The van der Waals surface area contributed by atoms with Gasteiger partial charge < -0.3 is 10.6 Å². The van der Waals surface area contributed by atoms with Crippen LogP contribution < -0.4 is 10.6 Å². The molecule has 2 N–H and O–H groups in total. The maximum absolute atomic E-state index is 4.53. The van der Waals surface area contributed by atoms with Crippen LogP contribution in [0.15, 0.2) is 6.07 Å². The Labute approximate surface area is 126 Å². The Morgan fingerprint density at radius 1 is 1.25 bits per heavy atom. The fourth-order valence-electron chi connectivity index (χ4n) is 2.72. The van der Waals surface area contributed by atoms with Crippen LogP contribution in [0, 0.1) is 6.92 Å². The van der Waals surface area contributed by atoms with E-state index in [0.29, 0.717) is 11.3 Å². The Morgan fingerprint density at radius 2 is 2.00 bits per heavy atom. The summed E-state index contributed by atoms with van der Waals surface area (Å²) in [6.45, 7) is 5.06. The number of nitrogens with one attached hydrogen (secondary N) is 2. The molecule has 2 atom stereocenters. The quantitative estimate of drug-likeness (QED) is 0.838. The van der Waals surface area contributed by atoms with Gasteiger partial charge in [0.2, 0.25) is 0 Å². The Morgan fingerprint density at radius 3 is 2.75 bits per heavy atom. The van der Waals surface area contributed by atoms with Crippen LogP contribution >= 0.6 is 11.8 Å². The smallest absolute Gasteiger partial charge is 0.132 e. The summed E-state index contributed by atoms with van der Waals surface area (Å²) in [6, 6.07) is 2.57. The predicted octanol–water partition coefficient (Wildman–Crippen LogP) is 3.69. The molecule has 1 aliphatic carbocycles. The van der Waals surface area contributed by atoms with E-state index in [2.05, 4.69) is 33.8 Å². The van der Waals surface area contributed by atoms with E-state index < -0.39 is 0 Å². The van der Waals surface area contributed by atoms with Crippen LogP contribution in [0.1, 0.15) is 44.9 Å². The number of hydrogen-bond donors (Lipinski definition) is 2. The molecule has 1 fully saturated rings. The Kier molecular flexibility index (Phi) is 5.95. The fraction of sp³-hybridized carbons (Fsp3) is 0.733. The molecule has 1 aliphatic rings. The SMILES string of the molecule is CCCNc1cc(NC2CCCCC2SC)nc(C)n1. The van der Waals surface area contributed by atoms with Crippen molar-refractivity contribution >= 4 is 23.4 Å². The molecular weight excluding hydrogens is 268 g/mol. The summed E-state index contributed by atoms with van der Waals surface area (Å²) in [6.07, 6.45) is 8.54. The maximum Gasteiger partial charge on any atom is 0.132 e. The number of aryl methyl sites for hydroxylation is 1. The van der Waals surface area contributed by atoms with Crippen molar-refractivity contribution in [2.75, 3.05) is 23.4 Å². The third-order valence-corrected chi connectivity index (χ3v) is 4.90. The number of aromatic nitrogens is 2. The second-order valence-corrected chi connectivity index (χ2v) is 6.50. The zero-order chi connectivity index (χ0) is 14.4. The Hall–Kier alpha value is -0.970. The lowest BCUT2D eigenvalue weighted by atomic mass is 9.95. The van der Waals surface area contributed by atoms with Crippen molar-refractivity contribution in [1.82, 2.24) is 9.97 Å². The number of thioether (sulfide) groups is 1. The van der Waals surface area contributed by atoms with Gasteiger partial charge in [-0.25, -0.2) is 9.97 Å².